The maximum absolute atomic E-state index is 12.5. The summed E-state index contributed by atoms with van der Waals surface area (Å²) in [6.45, 7) is 4.69. The molecule has 1 saturated heterocycles. The number of carbonyl (C=O) groups is 2. The Morgan fingerprint density at radius 2 is 2.21 bits per heavy atom. The van der Waals surface area contributed by atoms with Gasteiger partial charge in [-0.15, -0.1) is 0 Å². The Bertz CT molecular complexity index is 907. The first-order chi connectivity index (χ1) is 13.6. The smallest absolute Gasteiger partial charge is 0.329 e. The van der Waals surface area contributed by atoms with Gasteiger partial charge in [0.25, 0.3) is 5.91 Å². The monoisotopic (exact) mass is 382 g/mol. The molecule has 0 unspecified atom stereocenters. The minimum atomic E-state index is -0.373. The summed E-state index contributed by atoms with van der Waals surface area (Å²) in [6, 6.07) is 3.29. The number of ether oxygens (including phenoxy) is 1. The molecule has 1 aromatic heterocycles. The number of nitrogens with one attached hydrogen (secondary N) is 1. The third-order valence-electron chi connectivity index (χ3n) is 4.92. The van der Waals surface area contributed by atoms with Crippen molar-refractivity contribution in [1.82, 2.24) is 15.2 Å². The van der Waals surface area contributed by atoms with Crippen molar-refractivity contribution >= 4 is 29.9 Å². The fraction of sp³-hybridized carbons (Fsp3) is 0.429. The minimum absolute atomic E-state index is 0.191. The molecule has 3 rings (SSSR count). The Kier molecular flexibility index (Phi) is 6.57. The lowest BCUT2D eigenvalue weighted by Crippen LogP contribution is -2.46. The molecule has 2 aliphatic rings. The van der Waals surface area contributed by atoms with Crippen LogP contribution in [0.3, 0.4) is 0 Å². The van der Waals surface area contributed by atoms with Crippen molar-refractivity contribution in [3.05, 3.63) is 41.0 Å². The Morgan fingerprint density at radius 1 is 1.39 bits per heavy atom. The SMILES string of the molecule is C=CCOC(=O)[C@H]1CCCN1/C(CNC(=O)c1ccc2c(n1)=CCCC=2)=N\C. The second-order valence-corrected chi connectivity index (χ2v) is 6.75. The summed E-state index contributed by atoms with van der Waals surface area (Å²) in [6.07, 6.45) is 9.26. The molecule has 1 aliphatic carbocycles. The van der Waals surface area contributed by atoms with E-state index in [9.17, 15) is 9.59 Å². The zero-order valence-corrected chi connectivity index (χ0v) is 16.2. The lowest BCUT2D eigenvalue weighted by Gasteiger charge is -2.26. The zero-order chi connectivity index (χ0) is 19.9. The van der Waals surface area contributed by atoms with Crippen molar-refractivity contribution < 1.29 is 14.3 Å². The summed E-state index contributed by atoms with van der Waals surface area (Å²) in [7, 11) is 1.66. The molecule has 2 heterocycles. The summed E-state index contributed by atoms with van der Waals surface area (Å²) >= 11 is 0. The van der Waals surface area contributed by atoms with Crippen molar-refractivity contribution in [3.8, 4) is 0 Å². The molecule has 0 saturated carbocycles. The van der Waals surface area contributed by atoms with E-state index in [-0.39, 0.29) is 31.1 Å². The third kappa shape index (κ3) is 4.47. The van der Waals surface area contributed by atoms with E-state index in [4.69, 9.17) is 4.74 Å². The average molecular weight is 382 g/mol. The molecule has 1 aliphatic heterocycles. The van der Waals surface area contributed by atoms with Gasteiger partial charge in [0.2, 0.25) is 0 Å². The summed E-state index contributed by atoms with van der Waals surface area (Å²) in [4.78, 5) is 35.5. The van der Waals surface area contributed by atoms with Crippen LogP contribution in [-0.4, -0.2) is 60.4 Å². The first-order valence-corrected chi connectivity index (χ1v) is 9.59. The topological polar surface area (TPSA) is 83.9 Å². The molecule has 1 aromatic rings. The van der Waals surface area contributed by atoms with Gasteiger partial charge in [0.1, 0.15) is 24.2 Å². The number of rotatable bonds is 6. The van der Waals surface area contributed by atoms with E-state index in [0.717, 1.165) is 29.8 Å². The van der Waals surface area contributed by atoms with Crippen LogP contribution in [0.25, 0.3) is 12.2 Å². The molecule has 1 atom stereocenters. The quantitative estimate of drug-likeness (QED) is 0.333. The third-order valence-corrected chi connectivity index (χ3v) is 4.92. The van der Waals surface area contributed by atoms with Crippen LogP contribution in [0.2, 0.25) is 0 Å². The normalized spacial score (nSPS) is 18.5. The van der Waals surface area contributed by atoms with E-state index >= 15 is 0 Å². The van der Waals surface area contributed by atoms with E-state index in [1.807, 2.05) is 11.0 Å². The molecular formula is C21H26N4O3. The number of likely N-dealkylation sites (tertiary alicyclic amines) is 1. The summed E-state index contributed by atoms with van der Waals surface area (Å²) in [5.74, 6) is 0.116. The van der Waals surface area contributed by atoms with Crippen LogP contribution in [0.4, 0.5) is 0 Å². The van der Waals surface area contributed by atoms with Crippen LogP contribution in [0, 0.1) is 0 Å². The lowest BCUT2D eigenvalue weighted by molar-refractivity contribution is -0.146. The molecule has 1 N–H and O–H groups in total. The van der Waals surface area contributed by atoms with Gasteiger partial charge < -0.3 is 15.0 Å². The fourth-order valence-corrected chi connectivity index (χ4v) is 3.52. The Balaban J connectivity index is 1.64. The molecule has 1 amide bonds. The van der Waals surface area contributed by atoms with Gasteiger partial charge in [0.15, 0.2) is 0 Å². The van der Waals surface area contributed by atoms with Crippen LogP contribution in [0.15, 0.2) is 29.8 Å². The standard InChI is InChI=1S/C21H26N4O3/c1-3-13-28-21(27)18-9-6-12-25(18)19(22-2)14-23-20(26)17-11-10-15-7-4-5-8-16(15)24-17/h3,7-8,10-11,18H,1,4-6,9,12-14H2,2H3,(H,23,26)/b22-19-/t18-/m1/s1. The Labute approximate surface area is 164 Å². The van der Waals surface area contributed by atoms with E-state index in [0.29, 0.717) is 24.5 Å². The predicted octanol–water partition coefficient (Wildman–Crippen LogP) is 0.388. The molecule has 28 heavy (non-hydrogen) atoms. The number of pyridine rings is 1. The average Bonchev–Trinajstić information content (AvgIpc) is 3.21. The van der Waals surface area contributed by atoms with Gasteiger partial charge in [0, 0.05) is 13.6 Å². The van der Waals surface area contributed by atoms with Crippen LogP contribution >= 0.6 is 0 Å². The van der Waals surface area contributed by atoms with Crippen LogP contribution in [-0.2, 0) is 9.53 Å². The molecule has 7 nitrogen and oxygen atoms in total. The van der Waals surface area contributed by atoms with Crippen LogP contribution in [0.1, 0.15) is 36.2 Å². The Hall–Kier alpha value is -2.96. The molecule has 0 spiro atoms. The highest BCUT2D eigenvalue weighted by Crippen LogP contribution is 2.19. The number of nitrogens with zero attached hydrogens (tertiary/aromatic N) is 3. The van der Waals surface area contributed by atoms with Crippen LogP contribution in [0.5, 0.6) is 0 Å². The number of esters is 1. The maximum Gasteiger partial charge on any atom is 0.329 e. The van der Waals surface area contributed by atoms with E-state index in [2.05, 4.69) is 34.0 Å². The molecule has 1 fully saturated rings. The number of amides is 1. The van der Waals surface area contributed by atoms with Crippen LogP contribution < -0.4 is 15.9 Å². The van der Waals surface area contributed by atoms with Crippen molar-refractivity contribution in [2.24, 2.45) is 4.99 Å². The molecule has 148 valence electrons. The van der Waals surface area contributed by atoms with E-state index in [1.54, 1.807) is 19.2 Å². The highest BCUT2D eigenvalue weighted by atomic mass is 16.5. The predicted molar refractivity (Wildman–Crippen MR) is 108 cm³/mol. The lowest BCUT2D eigenvalue weighted by atomic mass is 10.1. The minimum Gasteiger partial charge on any atom is -0.460 e. The molecule has 0 radical (unpaired) electrons. The number of hydrogen-bond donors (Lipinski definition) is 1. The first-order valence-electron chi connectivity index (χ1n) is 9.59. The first kappa shape index (κ1) is 19.8. The zero-order valence-electron chi connectivity index (χ0n) is 16.2. The van der Waals surface area contributed by atoms with Gasteiger partial charge in [-0.1, -0.05) is 30.9 Å². The number of aromatic nitrogens is 1. The van der Waals surface area contributed by atoms with Crippen molar-refractivity contribution in [2.75, 3.05) is 26.7 Å². The van der Waals surface area contributed by atoms with Gasteiger partial charge >= 0.3 is 5.97 Å². The van der Waals surface area contributed by atoms with Gasteiger partial charge in [-0.05, 0) is 37.0 Å². The van der Waals surface area contributed by atoms with Gasteiger partial charge in [0.05, 0.1) is 11.9 Å². The largest absolute Gasteiger partial charge is 0.460 e. The number of hydrogen-bond acceptors (Lipinski definition) is 5. The molecule has 0 bridgehead atoms. The van der Waals surface area contributed by atoms with Gasteiger partial charge in [-0.2, -0.15) is 0 Å². The van der Waals surface area contributed by atoms with E-state index in [1.165, 1.54) is 0 Å². The van der Waals surface area contributed by atoms with Crippen molar-refractivity contribution in [1.29, 1.82) is 0 Å². The summed E-state index contributed by atoms with van der Waals surface area (Å²) in [5, 5.41) is 4.79. The summed E-state index contributed by atoms with van der Waals surface area (Å²) in [5.41, 5.74) is 0.379. The van der Waals surface area contributed by atoms with Crippen molar-refractivity contribution in [3.63, 3.8) is 0 Å². The number of aliphatic imine (C=N–C) groups is 1. The molecular weight excluding hydrogens is 356 g/mol. The van der Waals surface area contributed by atoms with Crippen molar-refractivity contribution in [2.45, 2.75) is 31.7 Å². The molecule has 0 aromatic carbocycles. The van der Waals surface area contributed by atoms with Gasteiger partial charge in [-0.25, -0.2) is 9.78 Å². The van der Waals surface area contributed by atoms with E-state index < -0.39 is 0 Å². The highest BCUT2D eigenvalue weighted by molar-refractivity contribution is 5.97. The molecule has 7 heteroatoms. The van der Waals surface area contributed by atoms with Gasteiger partial charge in [-0.3, -0.25) is 9.79 Å². The maximum atomic E-state index is 12.5. The second kappa shape index (κ2) is 9.30. The number of carbonyl (C=O) groups excluding carboxylic acids is 2. The number of amidine groups is 1. The fourth-order valence-electron chi connectivity index (χ4n) is 3.52. The summed E-state index contributed by atoms with van der Waals surface area (Å²) < 4.78 is 5.19. The Morgan fingerprint density at radius 3 is 3.00 bits per heavy atom. The highest BCUT2D eigenvalue weighted by Gasteiger charge is 2.33. The second-order valence-electron chi connectivity index (χ2n) is 6.75. The number of fused-ring (bicyclic) bond motifs is 1.